The molecule has 0 spiro atoms. The number of fused-ring (bicyclic) bond motifs is 1. The van der Waals surface area contributed by atoms with Gasteiger partial charge in [-0.2, -0.15) is 9.61 Å². The fourth-order valence-electron chi connectivity index (χ4n) is 2.15. The molecule has 0 aliphatic rings. The van der Waals surface area contributed by atoms with Gasteiger partial charge in [-0.25, -0.2) is 0 Å². The van der Waals surface area contributed by atoms with Gasteiger partial charge < -0.3 is 5.73 Å². The van der Waals surface area contributed by atoms with Gasteiger partial charge >= 0.3 is 0 Å². The van der Waals surface area contributed by atoms with E-state index in [2.05, 4.69) is 15.3 Å². The first-order chi connectivity index (χ1) is 10.5. The van der Waals surface area contributed by atoms with E-state index in [1.54, 1.807) is 16.6 Å². The topological polar surface area (TPSA) is 69.1 Å². The Kier molecular flexibility index (Phi) is 4.04. The third-order valence-corrected chi connectivity index (χ3v) is 4.06. The van der Waals surface area contributed by atoms with Crippen molar-refractivity contribution in [2.75, 3.05) is 0 Å². The molecule has 1 atom stereocenters. The molecular weight excluding hydrogens is 321 g/mol. The molecule has 0 radical (unpaired) electrons. The second kappa shape index (κ2) is 5.83. The highest BCUT2D eigenvalue weighted by Gasteiger charge is 2.19. The molecule has 0 fully saturated rings. The molecule has 114 valence electrons. The molecule has 0 aliphatic carbocycles. The minimum atomic E-state index is -0.238. The molecule has 2 heterocycles. The van der Waals surface area contributed by atoms with Crippen LogP contribution in [0, 0.1) is 5.92 Å². The van der Waals surface area contributed by atoms with E-state index in [4.69, 9.17) is 28.9 Å². The average Bonchev–Trinajstić information content (AvgIpc) is 2.89. The number of nitrogens with zero attached hydrogens (tertiary/aromatic N) is 4. The standard InChI is InChI=1S/C15H15Cl2N5/c1-8(2)14(18)15-20-19-13-6-5-12(21-22(13)15)10-4-3-9(16)7-11(10)17/h3-8,14H,18H2,1-2H3/t14-/m0/s1. The van der Waals surface area contributed by atoms with Crippen LogP contribution in [0.4, 0.5) is 0 Å². The zero-order chi connectivity index (χ0) is 15.9. The first-order valence-electron chi connectivity index (χ1n) is 6.90. The van der Waals surface area contributed by atoms with Gasteiger partial charge in [-0.05, 0) is 36.2 Å². The molecule has 0 amide bonds. The molecule has 0 aliphatic heterocycles. The maximum Gasteiger partial charge on any atom is 0.178 e. The van der Waals surface area contributed by atoms with Crippen LogP contribution in [0.2, 0.25) is 10.0 Å². The van der Waals surface area contributed by atoms with Gasteiger partial charge in [0.2, 0.25) is 0 Å². The zero-order valence-electron chi connectivity index (χ0n) is 12.2. The van der Waals surface area contributed by atoms with Crippen molar-refractivity contribution >= 4 is 28.8 Å². The van der Waals surface area contributed by atoms with Gasteiger partial charge in [-0.1, -0.05) is 37.0 Å². The molecule has 5 nitrogen and oxygen atoms in total. The summed E-state index contributed by atoms with van der Waals surface area (Å²) in [5, 5.41) is 14.0. The van der Waals surface area contributed by atoms with Crippen LogP contribution in [-0.2, 0) is 0 Å². The lowest BCUT2D eigenvalue weighted by Crippen LogP contribution is -2.20. The third-order valence-electron chi connectivity index (χ3n) is 3.51. The van der Waals surface area contributed by atoms with E-state index in [0.717, 1.165) is 5.56 Å². The Morgan fingerprint density at radius 3 is 2.55 bits per heavy atom. The second-order valence-corrected chi connectivity index (χ2v) is 6.28. The number of rotatable bonds is 3. The lowest BCUT2D eigenvalue weighted by atomic mass is 10.1. The predicted molar refractivity (Wildman–Crippen MR) is 88.0 cm³/mol. The van der Waals surface area contributed by atoms with Crippen molar-refractivity contribution in [1.82, 2.24) is 19.8 Å². The smallest absolute Gasteiger partial charge is 0.178 e. The molecule has 0 bridgehead atoms. The quantitative estimate of drug-likeness (QED) is 0.791. The van der Waals surface area contributed by atoms with Crippen molar-refractivity contribution in [3.05, 3.63) is 46.2 Å². The van der Waals surface area contributed by atoms with E-state index in [1.807, 2.05) is 32.0 Å². The van der Waals surface area contributed by atoms with Crippen LogP contribution in [-0.4, -0.2) is 19.8 Å². The minimum absolute atomic E-state index is 0.233. The molecule has 0 saturated heterocycles. The number of nitrogens with two attached hydrogens (primary N) is 1. The van der Waals surface area contributed by atoms with E-state index in [-0.39, 0.29) is 12.0 Å². The summed E-state index contributed by atoms with van der Waals surface area (Å²) in [6, 6.07) is 8.77. The summed E-state index contributed by atoms with van der Waals surface area (Å²) in [6.07, 6.45) is 0. The summed E-state index contributed by atoms with van der Waals surface area (Å²) in [7, 11) is 0. The lowest BCUT2D eigenvalue weighted by molar-refractivity contribution is 0.480. The monoisotopic (exact) mass is 335 g/mol. The van der Waals surface area contributed by atoms with Crippen LogP contribution in [0.3, 0.4) is 0 Å². The number of hydrogen-bond donors (Lipinski definition) is 1. The number of benzene rings is 1. The highest BCUT2D eigenvalue weighted by atomic mass is 35.5. The van der Waals surface area contributed by atoms with Gasteiger partial charge in [0, 0.05) is 10.6 Å². The molecule has 1 aromatic carbocycles. The minimum Gasteiger partial charge on any atom is -0.321 e. The van der Waals surface area contributed by atoms with Crippen molar-refractivity contribution in [3.63, 3.8) is 0 Å². The molecule has 22 heavy (non-hydrogen) atoms. The summed E-state index contributed by atoms with van der Waals surface area (Å²) in [5.41, 5.74) is 8.34. The first kappa shape index (κ1) is 15.2. The fraction of sp³-hybridized carbons (Fsp3) is 0.267. The summed E-state index contributed by atoms with van der Waals surface area (Å²) in [4.78, 5) is 0. The van der Waals surface area contributed by atoms with E-state index >= 15 is 0 Å². The molecule has 2 aromatic heterocycles. The second-order valence-electron chi connectivity index (χ2n) is 5.44. The Labute approximate surface area is 138 Å². The maximum atomic E-state index is 6.25. The third kappa shape index (κ3) is 2.67. The maximum absolute atomic E-state index is 6.25. The molecule has 3 rings (SSSR count). The summed E-state index contributed by atoms with van der Waals surface area (Å²) < 4.78 is 1.67. The number of hydrogen-bond acceptors (Lipinski definition) is 4. The summed E-state index contributed by atoms with van der Waals surface area (Å²) >= 11 is 12.2. The van der Waals surface area contributed by atoms with Crippen LogP contribution >= 0.6 is 23.2 Å². The van der Waals surface area contributed by atoms with Crippen LogP contribution in [0.1, 0.15) is 25.7 Å². The number of halogens is 2. The average molecular weight is 336 g/mol. The van der Waals surface area contributed by atoms with E-state index in [9.17, 15) is 0 Å². The Hall–Kier alpha value is -1.69. The fourth-order valence-corrected chi connectivity index (χ4v) is 2.66. The van der Waals surface area contributed by atoms with E-state index in [1.165, 1.54) is 0 Å². The number of aromatic nitrogens is 4. The molecule has 0 unspecified atom stereocenters. The Balaban J connectivity index is 2.14. The molecular formula is C15H15Cl2N5. The van der Waals surface area contributed by atoms with Crippen LogP contribution in [0.5, 0.6) is 0 Å². The van der Waals surface area contributed by atoms with Gasteiger partial charge in [0.25, 0.3) is 0 Å². The van der Waals surface area contributed by atoms with E-state index < -0.39 is 0 Å². The van der Waals surface area contributed by atoms with Gasteiger partial charge in [-0.3, -0.25) is 0 Å². The SMILES string of the molecule is CC(C)[C@H](N)c1nnc2ccc(-c3ccc(Cl)cc3Cl)nn12. The van der Waals surface area contributed by atoms with Gasteiger partial charge in [0.15, 0.2) is 11.5 Å². The molecule has 0 saturated carbocycles. The summed E-state index contributed by atoms with van der Waals surface area (Å²) in [5.74, 6) is 0.869. The van der Waals surface area contributed by atoms with Crippen molar-refractivity contribution < 1.29 is 0 Å². The van der Waals surface area contributed by atoms with Crippen molar-refractivity contribution in [2.24, 2.45) is 11.7 Å². The Morgan fingerprint density at radius 2 is 1.86 bits per heavy atom. The highest BCUT2D eigenvalue weighted by Crippen LogP contribution is 2.29. The van der Waals surface area contributed by atoms with Crippen LogP contribution < -0.4 is 5.73 Å². The largest absolute Gasteiger partial charge is 0.321 e. The summed E-state index contributed by atoms with van der Waals surface area (Å²) in [6.45, 7) is 4.07. The zero-order valence-corrected chi connectivity index (χ0v) is 13.7. The van der Waals surface area contributed by atoms with Crippen LogP contribution in [0.15, 0.2) is 30.3 Å². The van der Waals surface area contributed by atoms with Crippen molar-refractivity contribution in [1.29, 1.82) is 0 Å². The Morgan fingerprint density at radius 1 is 1.09 bits per heavy atom. The first-order valence-corrected chi connectivity index (χ1v) is 7.66. The van der Waals surface area contributed by atoms with Crippen LogP contribution in [0.25, 0.3) is 16.9 Å². The van der Waals surface area contributed by atoms with Gasteiger partial charge in [0.05, 0.1) is 16.8 Å². The van der Waals surface area contributed by atoms with Crippen molar-refractivity contribution in [3.8, 4) is 11.3 Å². The Bertz CT molecular complexity index is 828. The highest BCUT2D eigenvalue weighted by molar-refractivity contribution is 6.36. The lowest BCUT2D eigenvalue weighted by Gasteiger charge is -2.13. The van der Waals surface area contributed by atoms with Gasteiger partial charge in [-0.15, -0.1) is 10.2 Å². The van der Waals surface area contributed by atoms with Crippen molar-refractivity contribution in [2.45, 2.75) is 19.9 Å². The molecule has 7 heteroatoms. The molecule has 2 N–H and O–H groups in total. The normalized spacial score (nSPS) is 13.0. The van der Waals surface area contributed by atoms with E-state index in [0.29, 0.717) is 27.2 Å². The van der Waals surface area contributed by atoms with Gasteiger partial charge in [0.1, 0.15) is 0 Å². The molecule has 3 aromatic rings. The predicted octanol–water partition coefficient (Wildman–Crippen LogP) is 3.75.